The lowest BCUT2D eigenvalue weighted by atomic mass is 9.70. The fourth-order valence-corrected chi connectivity index (χ4v) is 2.88. The molecule has 2 heteroatoms. The normalized spacial score (nSPS) is 21.6. The van der Waals surface area contributed by atoms with E-state index in [-0.39, 0.29) is 6.04 Å². The Labute approximate surface area is 111 Å². The highest BCUT2D eigenvalue weighted by atomic mass is 16.5. The summed E-state index contributed by atoms with van der Waals surface area (Å²) in [5, 5.41) is 0. The van der Waals surface area contributed by atoms with Crippen molar-refractivity contribution in [2.75, 3.05) is 7.11 Å². The molecule has 1 saturated carbocycles. The SMILES string of the molecule is COc1ccc(C(N)C2CCC(C)(C)CC2)cc1. The van der Waals surface area contributed by atoms with Gasteiger partial charge in [0.15, 0.2) is 0 Å². The second-order valence-corrected chi connectivity index (χ2v) is 6.30. The van der Waals surface area contributed by atoms with E-state index in [9.17, 15) is 0 Å². The summed E-state index contributed by atoms with van der Waals surface area (Å²) in [5.41, 5.74) is 8.16. The van der Waals surface area contributed by atoms with Gasteiger partial charge in [-0.05, 0) is 54.7 Å². The molecule has 2 N–H and O–H groups in total. The largest absolute Gasteiger partial charge is 0.497 e. The number of nitrogens with two attached hydrogens (primary N) is 1. The molecule has 2 rings (SSSR count). The van der Waals surface area contributed by atoms with Gasteiger partial charge in [-0.3, -0.25) is 0 Å². The Morgan fingerprint density at radius 1 is 1.17 bits per heavy atom. The molecule has 1 aliphatic rings. The quantitative estimate of drug-likeness (QED) is 0.879. The van der Waals surface area contributed by atoms with Crippen molar-refractivity contribution < 1.29 is 4.74 Å². The predicted octanol–water partition coefficient (Wildman–Crippen LogP) is 3.91. The van der Waals surface area contributed by atoms with E-state index in [0.717, 1.165) is 5.75 Å². The predicted molar refractivity (Wildman–Crippen MR) is 75.7 cm³/mol. The summed E-state index contributed by atoms with van der Waals surface area (Å²) in [6, 6.07) is 8.38. The molecule has 1 fully saturated rings. The average Bonchev–Trinajstić information content (AvgIpc) is 2.38. The van der Waals surface area contributed by atoms with Gasteiger partial charge in [-0.2, -0.15) is 0 Å². The summed E-state index contributed by atoms with van der Waals surface area (Å²) in [5.74, 6) is 1.53. The zero-order chi connectivity index (χ0) is 13.2. The lowest BCUT2D eigenvalue weighted by molar-refractivity contribution is 0.173. The Balaban J connectivity index is 2.00. The van der Waals surface area contributed by atoms with Crippen molar-refractivity contribution in [3.63, 3.8) is 0 Å². The van der Waals surface area contributed by atoms with E-state index in [0.29, 0.717) is 11.3 Å². The van der Waals surface area contributed by atoms with Crippen molar-refractivity contribution in [2.24, 2.45) is 17.1 Å². The van der Waals surface area contributed by atoms with Crippen LogP contribution in [0.25, 0.3) is 0 Å². The van der Waals surface area contributed by atoms with Gasteiger partial charge in [-0.25, -0.2) is 0 Å². The topological polar surface area (TPSA) is 35.2 Å². The van der Waals surface area contributed by atoms with E-state index in [2.05, 4.69) is 26.0 Å². The number of methoxy groups -OCH3 is 1. The van der Waals surface area contributed by atoms with Crippen LogP contribution < -0.4 is 10.5 Å². The Bertz CT molecular complexity index is 373. The molecule has 1 atom stereocenters. The number of rotatable bonds is 3. The molecular formula is C16H25NO. The maximum Gasteiger partial charge on any atom is 0.118 e. The molecule has 2 nitrogen and oxygen atoms in total. The van der Waals surface area contributed by atoms with Crippen LogP contribution in [-0.4, -0.2) is 7.11 Å². The number of hydrogen-bond donors (Lipinski definition) is 1. The smallest absolute Gasteiger partial charge is 0.118 e. The zero-order valence-electron chi connectivity index (χ0n) is 11.8. The minimum absolute atomic E-state index is 0.173. The fourth-order valence-electron chi connectivity index (χ4n) is 2.88. The number of ether oxygens (including phenoxy) is 1. The lowest BCUT2D eigenvalue weighted by Crippen LogP contribution is -2.29. The molecule has 1 aromatic rings. The average molecular weight is 247 g/mol. The Morgan fingerprint density at radius 2 is 1.72 bits per heavy atom. The van der Waals surface area contributed by atoms with Crippen LogP contribution in [0.3, 0.4) is 0 Å². The molecule has 1 aromatic carbocycles. The molecule has 0 radical (unpaired) electrons. The van der Waals surface area contributed by atoms with E-state index in [1.165, 1.54) is 31.2 Å². The van der Waals surface area contributed by atoms with Crippen LogP contribution in [-0.2, 0) is 0 Å². The van der Waals surface area contributed by atoms with Crippen LogP contribution in [0.15, 0.2) is 24.3 Å². The molecule has 0 aromatic heterocycles. The lowest BCUT2D eigenvalue weighted by Gasteiger charge is -2.37. The molecule has 0 bridgehead atoms. The summed E-state index contributed by atoms with van der Waals surface area (Å²) in [6.45, 7) is 4.73. The first-order chi connectivity index (χ1) is 8.52. The summed E-state index contributed by atoms with van der Waals surface area (Å²) in [6.07, 6.45) is 5.09. The van der Waals surface area contributed by atoms with E-state index in [4.69, 9.17) is 10.5 Å². The van der Waals surface area contributed by atoms with Gasteiger partial charge in [0.25, 0.3) is 0 Å². The van der Waals surface area contributed by atoms with Crippen LogP contribution >= 0.6 is 0 Å². The molecule has 0 heterocycles. The summed E-state index contributed by atoms with van der Waals surface area (Å²) in [7, 11) is 1.69. The van der Waals surface area contributed by atoms with Crippen molar-refractivity contribution in [2.45, 2.75) is 45.6 Å². The molecule has 0 aliphatic heterocycles. The molecule has 0 spiro atoms. The van der Waals surface area contributed by atoms with Gasteiger partial charge in [-0.15, -0.1) is 0 Å². The Kier molecular flexibility index (Phi) is 3.96. The molecule has 1 unspecified atom stereocenters. The standard InChI is InChI=1S/C16H25NO/c1-16(2)10-8-13(9-11-16)15(17)12-4-6-14(18-3)7-5-12/h4-7,13,15H,8-11,17H2,1-3H3. The van der Waals surface area contributed by atoms with Crippen LogP contribution in [0, 0.1) is 11.3 Å². The van der Waals surface area contributed by atoms with Crippen LogP contribution in [0.5, 0.6) is 5.75 Å². The molecule has 100 valence electrons. The molecule has 0 saturated heterocycles. The van der Waals surface area contributed by atoms with Crippen molar-refractivity contribution in [1.29, 1.82) is 0 Å². The van der Waals surface area contributed by atoms with Gasteiger partial charge in [0.2, 0.25) is 0 Å². The highest BCUT2D eigenvalue weighted by molar-refractivity contribution is 5.29. The van der Waals surface area contributed by atoms with E-state index < -0.39 is 0 Å². The first-order valence-corrected chi connectivity index (χ1v) is 6.91. The second kappa shape index (κ2) is 5.31. The summed E-state index contributed by atoms with van der Waals surface area (Å²) >= 11 is 0. The minimum Gasteiger partial charge on any atom is -0.497 e. The van der Waals surface area contributed by atoms with Crippen LogP contribution in [0.4, 0.5) is 0 Å². The van der Waals surface area contributed by atoms with Crippen LogP contribution in [0.2, 0.25) is 0 Å². The maximum atomic E-state index is 6.41. The Morgan fingerprint density at radius 3 is 2.22 bits per heavy atom. The van der Waals surface area contributed by atoms with Crippen molar-refractivity contribution in [3.8, 4) is 5.75 Å². The van der Waals surface area contributed by atoms with Gasteiger partial charge < -0.3 is 10.5 Å². The van der Waals surface area contributed by atoms with Crippen molar-refractivity contribution in [3.05, 3.63) is 29.8 Å². The van der Waals surface area contributed by atoms with Gasteiger partial charge in [-0.1, -0.05) is 26.0 Å². The fraction of sp³-hybridized carbons (Fsp3) is 0.625. The van der Waals surface area contributed by atoms with E-state index in [1.54, 1.807) is 7.11 Å². The summed E-state index contributed by atoms with van der Waals surface area (Å²) < 4.78 is 5.18. The Hall–Kier alpha value is -1.02. The highest BCUT2D eigenvalue weighted by Crippen LogP contribution is 2.42. The van der Waals surface area contributed by atoms with Crippen molar-refractivity contribution in [1.82, 2.24) is 0 Å². The third-order valence-corrected chi connectivity index (χ3v) is 4.39. The molecule has 0 amide bonds. The van der Waals surface area contributed by atoms with Gasteiger partial charge >= 0.3 is 0 Å². The molecular weight excluding hydrogens is 222 g/mol. The number of benzene rings is 1. The third kappa shape index (κ3) is 3.05. The first kappa shape index (κ1) is 13.4. The number of hydrogen-bond acceptors (Lipinski definition) is 2. The molecule has 18 heavy (non-hydrogen) atoms. The molecule has 1 aliphatic carbocycles. The third-order valence-electron chi connectivity index (χ3n) is 4.39. The van der Waals surface area contributed by atoms with Gasteiger partial charge in [0.1, 0.15) is 5.75 Å². The van der Waals surface area contributed by atoms with Gasteiger partial charge in [0, 0.05) is 6.04 Å². The second-order valence-electron chi connectivity index (χ2n) is 6.30. The zero-order valence-corrected chi connectivity index (χ0v) is 11.8. The van der Waals surface area contributed by atoms with Gasteiger partial charge in [0.05, 0.1) is 7.11 Å². The highest BCUT2D eigenvalue weighted by Gasteiger charge is 2.30. The minimum atomic E-state index is 0.173. The van der Waals surface area contributed by atoms with E-state index >= 15 is 0 Å². The first-order valence-electron chi connectivity index (χ1n) is 6.91. The van der Waals surface area contributed by atoms with Crippen LogP contribution in [0.1, 0.15) is 51.1 Å². The van der Waals surface area contributed by atoms with E-state index in [1.807, 2.05) is 12.1 Å². The monoisotopic (exact) mass is 247 g/mol. The van der Waals surface area contributed by atoms with Crippen molar-refractivity contribution >= 4 is 0 Å². The maximum absolute atomic E-state index is 6.41. The summed E-state index contributed by atoms with van der Waals surface area (Å²) in [4.78, 5) is 0.